The normalized spacial score (nSPS) is 21.7. The van der Waals surface area contributed by atoms with Gasteiger partial charge in [0, 0.05) is 21.7 Å². The van der Waals surface area contributed by atoms with Gasteiger partial charge in [-0.05, 0) is 60.7 Å². The molecule has 3 atom stereocenters. The summed E-state index contributed by atoms with van der Waals surface area (Å²) in [5.41, 5.74) is 1.78. The summed E-state index contributed by atoms with van der Waals surface area (Å²) < 4.78 is 11.0. The number of rotatable bonds is 5. The first-order chi connectivity index (χ1) is 16.4. The van der Waals surface area contributed by atoms with Crippen LogP contribution in [0.15, 0.2) is 66.7 Å². The first kappa shape index (κ1) is 22.5. The van der Waals surface area contributed by atoms with Crippen molar-refractivity contribution in [2.45, 2.75) is 12.1 Å². The Hall–Kier alpha value is -3.26. The molecule has 2 amide bonds. The molecule has 7 nitrogen and oxygen atoms in total. The van der Waals surface area contributed by atoms with Crippen LogP contribution < -0.4 is 19.4 Å². The number of benzene rings is 3. The van der Waals surface area contributed by atoms with Crippen LogP contribution in [0.2, 0.25) is 10.0 Å². The van der Waals surface area contributed by atoms with Crippen molar-refractivity contribution in [2.24, 2.45) is 5.92 Å². The van der Waals surface area contributed by atoms with Gasteiger partial charge in [-0.25, -0.2) is 9.96 Å². The molecule has 3 aromatic rings. The number of amides is 2. The van der Waals surface area contributed by atoms with E-state index in [1.807, 2.05) is 6.07 Å². The molecule has 2 aliphatic heterocycles. The van der Waals surface area contributed by atoms with Crippen LogP contribution in [-0.2, 0) is 14.4 Å². The Morgan fingerprint density at radius 1 is 0.794 bits per heavy atom. The molecule has 0 spiro atoms. The summed E-state index contributed by atoms with van der Waals surface area (Å²) in [5.74, 6) is -0.493. The third-order valence-electron chi connectivity index (χ3n) is 6.04. The van der Waals surface area contributed by atoms with E-state index in [1.165, 1.54) is 0 Å². The van der Waals surface area contributed by atoms with Gasteiger partial charge in [0.05, 0.1) is 31.6 Å². The van der Waals surface area contributed by atoms with Gasteiger partial charge >= 0.3 is 0 Å². The second kappa shape index (κ2) is 8.83. The molecule has 9 heteroatoms. The zero-order valence-electron chi connectivity index (χ0n) is 18.3. The number of ether oxygens (including phenoxy) is 2. The summed E-state index contributed by atoms with van der Waals surface area (Å²) in [6.45, 7) is 0. The van der Waals surface area contributed by atoms with E-state index in [1.54, 1.807) is 79.9 Å². The summed E-state index contributed by atoms with van der Waals surface area (Å²) in [6, 6.07) is 18.2. The Kier molecular flexibility index (Phi) is 5.85. The molecule has 0 saturated carbocycles. The topological polar surface area (TPSA) is 68.3 Å². The lowest BCUT2D eigenvalue weighted by Crippen LogP contribution is -2.37. The molecule has 5 rings (SSSR count). The maximum absolute atomic E-state index is 13.7. The largest absolute Gasteiger partial charge is 0.497 e. The summed E-state index contributed by atoms with van der Waals surface area (Å²) in [5, 5.41) is 2.65. The molecule has 2 fully saturated rings. The van der Waals surface area contributed by atoms with Crippen LogP contribution in [0, 0.1) is 5.92 Å². The molecule has 34 heavy (non-hydrogen) atoms. The van der Waals surface area contributed by atoms with Gasteiger partial charge in [-0.15, -0.1) is 0 Å². The lowest BCUT2D eigenvalue weighted by Gasteiger charge is -2.29. The van der Waals surface area contributed by atoms with Crippen LogP contribution in [0.5, 0.6) is 11.5 Å². The van der Waals surface area contributed by atoms with Crippen molar-refractivity contribution in [1.29, 1.82) is 0 Å². The van der Waals surface area contributed by atoms with Gasteiger partial charge in [0.2, 0.25) is 5.91 Å². The molecule has 174 valence electrons. The lowest BCUT2D eigenvalue weighted by atomic mass is 9.90. The number of anilines is 2. The lowest BCUT2D eigenvalue weighted by molar-refractivity contribution is -0.126. The Morgan fingerprint density at radius 2 is 1.41 bits per heavy atom. The van der Waals surface area contributed by atoms with E-state index in [2.05, 4.69) is 0 Å². The molecule has 0 N–H and O–H groups in total. The summed E-state index contributed by atoms with van der Waals surface area (Å²) in [7, 11) is 3.10. The fourth-order valence-corrected chi connectivity index (χ4v) is 4.70. The van der Waals surface area contributed by atoms with Crippen molar-refractivity contribution in [3.63, 3.8) is 0 Å². The third kappa shape index (κ3) is 3.66. The molecular formula is C25H20Cl2N2O5. The standard InChI is InChI=1S/C25H20Cl2N2O5/c1-32-18-11-12-19(20(13-18)33-2)22-21-23(34-29(22)17-9-5-15(27)6-10-17)25(31)28(24(21)30)16-7-3-14(26)4-8-16/h3-13,21-23H,1-2H3. The fraction of sp³-hybridized carbons (Fsp3) is 0.200. The predicted molar refractivity (Wildman–Crippen MR) is 129 cm³/mol. The highest BCUT2D eigenvalue weighted by molar-refractivity contribution is 6.31. The van der Waals surface area contributed by atoms with Crippen LogP contribution in [-0.4, -0.2) is 32.1 Å². The predicted octanol–water partition coefficient (Wildman–Crippen LogP) is 5.06. The quantitative estimate of drug-likeness (QED) is 0.458. The van der Waals surface area contributed by atoms with Crippen molar-refractivity contribution < 1.29 is 23.9 Å². The van der Waals surface area contributed by atoms with Crippen LogP contribution >= 0.6 is 23.2 Å². The molecule has 2 heterocycles. The van der Waals surface area contributed by atoms with E-state index < -0.39 is 24.0 Å². The molecule has 0 aromatic heterocycles. The summed E-state index contributed by atoms with van der Waals surface area (Å²) in [6.07, 6.45) is -1.00. The van der Waals surface area contributed by atoms with Gasteiger partial charge in [0.25, 0.3) is 5.91 Å². The van der Waals surface area contributed by atoms with E-state index in [4.69, 9.17) is 37.5 Å². The summed E-state index contributed by atoms with van der Waals surface area (Å²) >= 11 is 12.1. The van der Waals surface area contributed by atoms with Gasteiger partial charge in [-0.3, -0.25) is 14.4 Å². The van der Waals surface area contributed by atoms with E-state index in [0.29, 0.717) is 38.5 Å². The van der Waals surface area contributed by atoms with Gasteiger partial charge in [-0.2, -0.15) is 0 Å². The number of carbonyl (C=O) groups is 2. The van der Waals surface area contributed by atoms with E-state index in [0.717, 1.165) is 4.90 Å². The van der Waals surface area contributed by atoms with Gasteiger partial charge < -0.3 is 9.47 Å². The Morgan fingerprint density at radius 3 is 2.00 bits per heavy atom. The minimum absolute atomic E-state index is 0.364. The molecule has 2 saturated heterocycles. The highest BCUT2D eigenvalue weighted by atomic mass is 35.5. The number of imide groups is 1. The highest BCUT2D eigenvalue weighted by Crippen LogP contribution is 2.50. The number of nitrogens with zero attached hydrogens (tertiary/aromatic N) is 2. The first-order valence-corrected chi connectivity index (χ1v) is 11.3. The SMILES string of the molecule is COc1ccc(C2C3C(=O)N(c4ccc(Cl)cc4)C(=O)C3ON2c2ccc(Cl)cc2)c(OC)c1. The second-order valence-corrected chi connectivity index (χ2v) is 8.77. The maximum Gasteiger partial charge on any atom is 0.266 e. The number of hydrogen-bond acceptors (Lipinski definition) is 6. The summed E-state index contributed by atoms with van der Waals surface area (Å²) in [4.78, 5) is 34.4. The number of halogens is 2. The fourth-order valence-electron chi connectivity index (χ4n) is 4.45. The van der Waals surface area contributed by atoms with Gasteiger partial charge in [0.15, 0.2) is 6.10 Å². The monoisotopic (exact) mass is 498 g/mol. The number of methoxy groups -OCH3 is 2. The zero-order valence-corrected chi connectivity index (χ0v) is 19.8. The number of carbonyl (C=O) groups excluding carboxylic acids is 2. The van der Waals surface area contributed by atoms with Crippen LogP contribution in [0.4, 0.5) is 11.4 Å². The van der Waals surface area contributed by atoms with E-state index in [9.17, 15) is 9.59 Å². The molecule has 0 aliphatic carbocycles. The van der Waals surface area contributed by atoms with Crippen molar-refractivity contribution in [1.82, 2.24) is 0 Å². The van der Waals surface area contributed by atoms with E-state index >= 15 is 0 Å². The molecule has 0 bridgehead atoms. The van der Waals surface area contributed by atoms with Crippen molar-refractivity contribution >= 4 is 46.4 Å². The molecule has 2 aliphatic rings. The van der Waals surface area contributed by atoms with Crippen LogP contribution in [0.1, 0.15) is 11.6 Å². The van der Waals surface area contributed by atoms with Crippen molar-refractivity contribution in [2.75, 3.05) is 24.2 Å². The molecular weight excluding hydrogens is 479 g/mol. The molecule has 3 aromatic carbocycles. The average Bonchev–Trinajstić information content (AvgIpc) is 3.35. The average molecular weight is 499 g/mol. The maximum atomic E-state index is 13.7. The van der Waals surface area contributed by atoms with Crippen LogP contribution in [0.3, 0.4) is 0 Å². The zero-order chi connectivity index (χ0) is 24.0. The van der Waals surface area contributed by atoms with Gasteiger partial charge in [0.1, 0.15) is 17.4 Å². The number of fused-ring (bicyclic) bond motifs is 1. The number of hydrogen-bond donors (Lipinski definition) is 0. The van der Waals surface area contributed by atoms with Crippen molar-refractivity contribution in [3.05, 3.63) is 82.3 Å². The smallest absolute Gasteiger partial charge is 0.266 e. The first-order valence-electron chi connectivity index (χ1n) is 10.5. The Bertz CT molecular complexity index is 1250. The third-order valence-corrected chi connectivity index (χ3v) is 6.54. The minimum Gasteiger partial charge on any atom is -0.497 e. The molecule has 0 radical (unpaired) electrons. The Balaban J connectivity index is 1.62. The van der Waals surface area contributed by atoms with E-state index in [-0.39, 0.29) is 5.91 Å². The second-order valence-electron chi connectivity index (χ2n) is 7.90. The highest BCUT2D eigenvalue weighted by Gasteiger charge is 2.60. The van der Waals surface area contributed by atoms with Crippen molar-refractivity contribution in [3.8, 4) is 11.5 Å². The van der Waals surface area contributed by atoms with Crippen LogP contribution in [0.25, 0.3) is 0 Å². The minimum atomic E-state index is -1.00. The molecule has 3 unspecified atom stereocenters. The van der Waals surface area contributed by atoms with Gasteiger partial charge in [-0.1, -0.05) is 23.2 Å². The number of hydroxylamine groups is 1. The Labute approximate surface area is 206 Å².